The SMILES string of the molecule is Cc1c(-c2c(C(C)C)c3cc(C4CCN(CC(N)=O)CC4)ccc3n2C(=O)OC(C)OC(=O)C2(NC(=O)OC(C)(C)C)CC2)cn2ncnc2c1C. The normalized spacial score (nSPS) is 16.9. The van der Waals surface area contributed by atoms with Crippen molar-refractivity contribution in [3.8, 4) is 11.3 Å². The van der Waals surface area contributed by atoms with Gasteiger partial charge in [0, 0.05) is 24.1 Å². The van der Waals surface area contributed by atoms with Crippen LogP contribution in [0.4, 0.5) is 9.59 Å². The van der Waals surface area contributed by atoms with E-state index in [1.807, 2.05) is 26.1 Å². The number of benzene rings is 1. The molecule has 2 amide bonds. The van der Waals surface area contributed by atoms with E-state index in [-0.39, 0.29) is 24.3 Å². The summed E-state index contributed by atoms with van der Waals surface area (Å²) in [5.74, 6) is -0.764. The van der Waals surface area contributed by atoms with Crippen molar-refractivity contribution in [2.75, 3.05) is 19.6 Å². The number of fused-ring (bicyclic) bond motifs is 2. The fraction of sp³-hybridized carbons (Fsp3) is 0.526. The number of aryl methyl sites for hydroxylation is 1. The Bertz CT molecular complexity index is 2050. The summed E-state index contributed by atoms with van der Waals surface area (Å²) < 4.78 is 20.1. The molecule has 4 aromatic rings. The van der Waals surface area contributed by atoms with E-state index in [1.54, 1.807) is 29.9 Å². The Labute approximate surface area is 302 Å². The summed E-state index contributed by atoms with van der Waals surface area (Å²) >= 11 is 0. The number of esters is 1. The van der Waals surface area contributed by atoms with Gasteiger partial charge in [0.25, 0.3) is 0 Å². The minimum atomic E-state index is -1.27. The second-order valence-corrected chi connectivity index (χ2v) is 15.4. The number of amides is 2. The van der Waals surface area contributed by atoms with E-state index in [0.29, 0.717) is 24.1 Å². The Kier molecular flexibility index (Phi) is 9.81. The molecule has 6 rings (SSSR count). The quantitative estimate of drug-likeness (QED) is 0.162. The zero-order chi connectivity index (χ0) is 37.7. The molecule has 14 heteroatoms. The van der Waals surface area contributed by atoms with E-state index >= 15 is 0 Å². The predicted octanol–water partition coefficient (Wildman–Crippen LogP) is 5.69. The molecule has 2 aliphatic rings. The van der Waals surface area contributed by atoms with Crippen molar-refractivity contribution in [1.82, 2.24) is 29.4 Å². The Morgan fingerprint density at radius 3 is 2.35 bits per heavy atom. The maximum absolute atomic E-state index is 14.4. The van der Waals surface area contributed by atoms with Crippen LogP contribution in [-0.2, 0) is 23.8 Å². The lowest BCUT2D eigenvalue weighted by atomic mass is 9.87. The molecular weight excluding hydrogens is 666 g/mol. The van der Waals surface area contributed by atoms with E-state index in [9.17, 15) is 19.2 Å². The molecule has 14 nitrogen and oxygen atoms in total. The number of aromatic nitrogens is 4. The van der Waals surface area contributed by atoms with Crippen LogP contribution < -0.4 is 11.1 Å². The summed E-state index contributed by atoms with van der Waals surface area (Å²) in [6, 6.07) is 6.18. The van der Waals surface area contributed by atoms with Gasteiger partial charge in [-0.2, -0.15) is 5.10 Å². The number of primary amides is 1. The molecule has 2 fully saturated rings. The van der Waals surface area contributed by atoms with Gasteiger partial charge in [0.05, 0.1) is 17.8 Å². The molecule has 0 bridgehead atoms. The van der Waals surface area contributed by atoms with Gasteiger partial charge < -0.3 is 25.3 Å². The number of hydrogen-bond donors (Lipinski definition) is 2. The first-order valence-electron chi connectivity index (χ1n) is 17.9. The third-order valence-corrected chi connectivity index (χ3v) is 10.0. The molecule has 1 atom stereocenters. The van der Waals surface area contributed by atoms with Crippen LogP contribution in [0.5, 0.6) is 0 Å². The lowest BCUT2D eigenvalue weighted by molar-refractivity contribution is -0.168. The third-order valence-electron chi connectivity index (χ3n) is 10.0. The van der Waals surface area contributed by atoms with Crippen LogP contribution >= 0.6 is 0 Å². The van der Waals surface area contributed by atoms with Crippen LogP contribution in [0.1, 0.15) is 101 Å². The number of rotatable bonds is 9. The Hall–Kier alpha value is -4.98. The van der Waals surface area contributed by atoms with Gasteiger partial charge in [-0.3, -0.25) is 9.69 Å². The van der Waals surface area contributed by atoms with Crippen LogP contribution in [0.3, 0.4) is 0 Å². The number of carbonyl (C=O) groups is 4. The molecule has 3 aromatic heterocycles. The van der Waals surface area contributed by atoms with E-state index in [4.69, 9.17) is 19.9 Å². The number of hydrogen-bond acceptors (Lipinski definition) is 10. The van der Waals surface area contributed by atoms with Crippen molar-refractivity contribution >= 4 is 40.6 Å². The summed E-state index contributed by atoms with van der Waals surface area (Å²) in [5, 5.41) is 7.96. The van der Waals surface area contributed by atoms with Gasteiger partial charge in [-0.25, -0.2) is 28.5 Å². The molecule has 1 aliphatic heterocycles. The molecule has 1 saturated carbocycles. The first-order valence-corrected chi connectivity index (χ1v) is 17.9. The molecule has 0 radical (unpaired) electrons. The summed E-state index contributed by atoms with van der Waals surface area (Å²) in [4.78, 5) is 58.1. The zero-order valence-electron chi connectivity index (χ0n) is 31.2. The number of likely N-dealkylation sites (tertiary alicyclic amines) is 1. The second-order valence-electron chi connectivity index (χ2n) is 15.4. The monoisotopic (exact) mass is 715 g/mol. The van der Waals surface area contributed by atoms with Crippen LogP contribution in [0.15, 0.2) is 30.7 Å². The Morgan fingerprint density at radius 2 is 1.73 bits per heavy atom. The van der Waals surface area contributed by atoms with Crippen molar-refractivity contribution in [2.24, 2.45) is 5.73 Å². The molecular formula is C38H49N7O7. The molecule has 1 unspecified atom stereocenters. The van der Waals surface area contributed by atoms with Gasteiger partial charge in [0.1, 0.15) is 17.5 Å². The molecule has 278 valence electrons. The lowest BCUT2D eigenvalue weighted by Gasteiger charge is -2.31. The van der Waals surface area contributed by atoms with E-state index < -0.39 is 35.6 Å². The van der Waals surface area contributed by atoms with Crippen molar-refractivity contribution < 1.29 is 33.4 Å². The van der Waals surface area contributed by atoms with Crippen molar-refractivity contribution in [1.29, 1.82) is 0 Å². The minimum Gasteiger partial charge on any atom is -0.444 e. The van der Waals surface area contributed by atoms with Crippen molar-refractivity contribution in [3.63, 3.8) is 0 Å². The maximum Gasteiger partial charge on any atom is 0.422 e. The number of ether oxygens (including phenoxy) is 3. The average molecular weight is 716 g/mol. The summed E-state index contributed by atoms with van der Waals surface area (Å²) in [6.45, 7) is 16.6. The average Bonchev–Trinajstić information content (AvgIpc) is 3.52. The molecule has 3 N–H and O–H groups in total. The van der Waals surface area contributed by atoms with Gasteiger partial charge in [0.2, 0.25) is 12.2 Å². The van der Waals surface area contributed by atoms with Gasteiger partial charge in [-0.05, 0) is 120 Å². The zero-order valence-corrected chi connectivity index (χ0v) is 31.2. The highest BCUT2D eigenvalue weighted by Crippen LogP contribution is 2.43. The molecule has 0 spiro atoms. The molecule has 1 aliphatic carbocycles. The number of carbonyl (C=O) groups excluding carboxylic acids is 4. The highest BCUT2D eigenvalue weighted by Gasteiger charge is 2.54. The van der Waals surface area contributed by atoms with Crippen LogP contribution in [-0.4, -0.2) is 85.2 Å². The minimum absolute atomic E-state index is 0.00531. The highest BCUT2D eigenvalue weighted by atomic mass is 16.7. The first kappa shape index (κ1) is 36.8. The number of alkyl carbamates (subject to hydrolysis) is 1. The van der Waals surface area contributed by atoms with Crippen LogP contribution in [0.2, 0.25) is 0 Å². The van der Waals surface area contributed by atoms with Crippen LogP contribution in [0.25, 0.3) is 27.8 Å². The topological polar surface area (TPSA) is 172 Å². The van der Waals surface area contributed by atoms with Crippen LogP contribution in [0, 0.1) is 13.8 Å². The maximum atomic E-state index is 14.4. The van der Waals surface area contributed by atoms with E-state index in [2.05, 4.69) is 46.3 Å². The van der Waals surface area contributed by atoms with Gasteiger partial charge in [-0.15, -0.1) is 0 Å². The van der Waals surface area contributed by atoms with E-state index in [0.717, 1.165) is 64.8 Å². The standard InChI is InChI=1S/C38H49N7O7/c1-21(2)31-27-17-26(25-11-15-43(16-12-25)19-30(39)46)9-10-29(27)45(32(31)28-18-44-33(40-20-41-44)23(4)22(28)3)36(49)51-24(5)50-34(47)38(13-14-38)42-35(48)52-37(6,7)8/h9-10,17-18,20-21,24-25H,11-16,19H2,1-8H3,(H2,39,46)(H,42,48). The van der Waals surface area contributed by atoms with Crippen molar-refractivity contribution in [2.45, 2.75) is 110 Å². The van der Waals surface area contributed by atoms with Gasteiger partial charge in [0.15, 0.2) is 5.65 Å². The van der Waals surface area contributed by atoms with Crippen molar-refractivity contribution in [3.05, 3.63) is 53.0 Å². The molecule has 52 heavy (non-hydrogen) atoms. The van der Waals surface area contributed by atoms with E-state index in [1.165, 1.54) is 13.3 Å². The number of nitrogens with zero attached hydrogens (tertiary/aromatic N) is 5. The van der Waals surface area contributed by atoms with Gasteiger partial charge >= 0.3 is 18.2 Å². The summed E-state index contributed by atoms with van der Waals surface area (Å²) in [6.07, 6.45) is 3.18. The highest BCUT2D eigenvalue weighted by molar-refractivity contribution is 6.01. The third kappa shape index (κ3) is 7.34. The number of piperidine rings is 1. The smallest absolute Gasteiger partial charge is 0.422 e. The Balaban J connectivity index is 1.36. The summed E-state index contributed by atoms with van der Waals surface area (Å²) in [5.41, 5.74) is 10.3. The molecule has 1 aromatic carbocycles. The largest absolute Gasteiger partial charge is 0.444 e. The lowest BCUT2D eigenvalue weighted by Crippen LogP contribution is -2.47. The Morgan fingerprint density at radius 1 is 1.04 bits per heavy atom. The predicted molar refractivity (Wildman–Crippen MR) is 194 cm³/mol. The first-order chi connectivity index (χ1) is 24.5. The number of nitrogens with one attached hydrogen (secondary N) is 1. The fourth-order valence-corrected chi connectivity index (χ4v) is 7.20. The summed E-state index contributed by atoms with van der Waals surface area (Å²) in [7, 11) is 0. The fourth-order valence-electron chi connectivity index (χ4n) is 7.20. The van der Waals surface area contributed by atoms with Gasteiger partial charge in [-0.1, -0.05) is 19.9 Å². The molecule has 4 heterocycles. The number of nitrogens with two attached hydrogens (primary N) is 1. The number of pyridine rings is 1. The molecule has 1 saturated heterocycles. The second kappa shape index (κ2) is 13.9.